The van der Waals surface area contributed by atoms with Crippen molar-refractivity contribution in [2.45, 2.75) is 32.6 Å². The van der Waals surface area contributed by atoms with Crippen LogP contribution in [0, 0.1) is 11.6 Å². The van der Waals surface area contributed by atoms with E-state index in [2.05, 4.69) is 31.8 Å². The Morgan fingerprint density at radius 2 is 1.68 bits per heavy atom. The lowest BCUT2D eigenvalue weighted by Crippen LogP contribution is -2.12. The number of rotatable bonds is 2. The van der Waals surface area contributed by atoms with Gasteiger partial charge >= 0.3 is 0 Å². The minimum absolute atomic E-state index is 0.0249. The summed E-state index contributed by atoms with van der Waals surface area (Å²) in [5.41, 5.74) is 2.90. The highest BCUT2D eigenvalue weighted by atomic mass is 19.2. The molecule has 1 aromatic carbocycles. The molecule has 0 radical (unpaired) electrons. The molecule has 0 aliphatic rings. The van der Waals surface area contributed by atoms with Crippen molar-refractivity contribution in [3.63, 3.8) is 0 Å². The van der Waals surface area contributed by atoms with Gasteiger partial charge in [-0.3, -0.25) is 4.98 Å². The molecule has 0 atom stereocenters. The van der Waals surface area contributed by atoms with E-state index in [1.54, 1.807) is 12.3 Å². The summed E-state index contributed by atoms with van der Waals surface area (Å²) in [5.74, 6) is -1.62. The maximum Gasteiger partial charge on any atom is 0.159 e. The molecule has 0 N–H and O–H groups in total. The lowest BCUT2D eigenvalue weighted by Gasteiger charge is -2.19. The van der Waals surface area contributed by atoms with Crippen molar-refractivity contribution < 1.29 is 8.78 Å². The Hall–Kier alpha value is -1.77. The third kappa shape index (κ3) is 3.37. The lowest BCUT2D eigenvalue weighted by molar-refractivity contribution is 0.507. The molecule has 1 aromatic heterocycles. The van der Waals surface area contributed by atoms with E-state index in [0.29, 0.717) is 6.42 Å². The molecule has 0 fully saturated rings. The van der Waals surface area contributed by atoms with Gasteiger partial charge in [0, 0.05) is 12.4 Å². The van der Waals surface area contributed by atoms with Crippen LogP contribution in [0.4, 0.5) is 8.78 Å². The summed E-state index contributed by atoms with van der Waals surface area (Å²) < 4.78 is 26.0. The van der Waals surface area contributed by atoms with Gasteiger partial charge in [0.25, 0.3) is 0 Å². The summed E-state index contributed by atoms with van der Waals surface area (Å²) in [7, 11) is 0. The average Bonchev–Trinajstić information content (AvgIpc) is 2.33. The lowest BCUT2D eigenvalue weighted by atomic mass is 9.87. The van der Waals surface area contributed by atoms with Gasteiger partial charge in [-0.2, -0.15) is 0 Å². The van der Waals surface area contributed by atoms with Crippen LogP contribution in [-0.4, -0.2) is 4.98 Å². The number of benzene rings is 1. The van der Waals surface area contributed by atoms with Crippen LogP contribution in [-0.2, 0) is 11.8 Å². The first-order valence-electron chi connectivity index (χ1n) is 6.24. The molecule has 1 heterocycles. The first-order chi connectivity index (χ1) is 8.86. The van der Waals surface area contributed by atoms with Gasteiger partial charge in [0.2, 0.25) is 0 Å². The quantitative estimate of drug-likeness (QED) is 0.787. The van der Waals surface area contributed by atoms with Crippen LogP contribution in [0.25, 0.3) is 0 Å². The predicted molar refractivity (Wildman–Crippen MR) is 72.1 cm³/mol. The third-order valence-electron chi connectivity index (χ3n) is 3.05. The van der Waals surface area contributed by atoms with Gasteiger partial charge in [0.1, 0.15) is 0 Å². The number of hydrogen-bond donors (Lipinski definition) is 0. The largest absolute Gasteiger partial charge is 0.264 e. The minimum Gasteiger partial charge on any atom is -0.264 e. The van der Waals surface area contributed by atoms with E-state index in [1.165, 1.54) is 6.07 Å². The first-order valence-corrected chi connectivity index (χ1v) is 6.24. The van der Waals surface area contributed by atoms with Crippen molar-refractivity contribution in [1.29, 1.82) is 0 Å². The number of hydrogen-bond acceptors (Lipinski definition) is 1. The monoisotopic (exact) mass is 261 g/mol. The van der Waals surface area contributed by atoms with E-state index in [1.807, 2.05) is 6.20 Å². The molecule has 0 unspecified atom stereocenters. The molecule has 2 rings (SSSR count). The highest BCUT2D eigenvalue weighted by molar-refractivity contribution is 5.29. The van der Waals surface area contributed by atoms with Crippen molar-refractivity contribution in [2.24, 2.45) is 0 Å². The van der Waals surface area contributed by atoms with E-state index in [0.717, 1.165) is 22.8 Å². The van der Waals surface area contributed by atoms with Crippen molar-refractivity contribution >= 4 is 0 Å². The fraction of sp³-hybridized carbons (Fsp3) is 0.312. The van der Waals surface area contributed by atoms with Gasteiger partial charge in [-0.1, -0.05) is 32.9 Å². The highest BCUT2D eigenvalue weighted by Crippen LogP contribution is 2.23. The zero-order chi connectivity index (χ0) is 14.0. The first kappa shape index (κ1) is 13.7. The van der Waals surface area contributed by atoms with Gasteiger partial charge in [-0.25, -0.2) is 8.78 Å². The molecule has 19 heavy (non-hydrogen) atoms. The SMILES string of the molecule is CC(C)(C)c1cncc(Cc2ccc(F)c(F)c2)c1. The Balaban J connectivity index is 2.26. The maximum absolute atomic E-state index is 13.2. The Kier molecular flexibility index (Phi) is 3.65. The molecule has 0 saturated carbocycles. The predicted octanol–water partition coefficient (Wildman–Crippen LogP) is 4.25. The van der Waals surface area contributed by atoms with Crippen LogP contribution >= 0.6 is 0 Å². The molecule has 0 amide bonds. The average molecular weight is 261 g/mol. The van der Waals surface area contributed by atoms with Crippen LogP contribution in [0.1, 0.15) is 37.5 Å². The van der Waals surface area contributed by atoms with Gasteiger partial charge in [0.15, 0.2) is 11.6 Å². The summed E-state index contributed by atoms with van der Waals surface area (Å²) in [6, 6.07) is 6.06. The fourth-order valence-corrected chi connectivity index (χ4v) is 1.88. The zero-order valence-corrected chi connectivity index (χ0v) is 11.4. The second-order valence-electron chi connectivity index (χ2n) is 5.76. The summed E-state index contributed by atoms with van der Waals surface area (Å²) in [6.07, 6.45) is 4.15. The molecule has 0 spiro atoms. The normalized spacial score (nSPS) is 11.6. The van der Waals surface area contributed by atoms with Gasteiger partial charge in [-0.05, 0) is 40.7 Å². The molecule has 0 aliphatic carbocycles. The molecule has 0 aliphatic heterocycles. The van der Waals surface area contributed by atoms with Gasteiger partial charge in [0.05, 0.1) is 0 Å². The Morgan fingerprint density at radius 1 is 0.947 bits per heavy atom. The molecule has 2 aromatic rings. The molecule has 1 nitrogen and oxygen atoms in total. The van der Waals surface area contributed by atoms with E-state index in [-0.39, 0.29) is 5.41 Å². The highest BCUT2D eigenvalue weighted by Gasteiger charge is 2.14. The second kappa shape index (κ2) is 5.08. The Labute approximate surface area is 112 Å². The molecule has 3 heteroatoms. The topological polar surface area (TPSA) is 12.9 Å². The standard InChI is InChI=1S/C16H17F2N/c1-16(2,3)13-7-12(9-19-10-13)6-11-4-5-14(17)15(18)8-11/h4-5,7-10H,6H2,1-3H3. The minimum atomic E-state index is -0.815. The van der Waals surface area contributed by atoms with Crippen LogP contribution in [0.2, 0.25) is 0 Å². The zero-order valence-electron chi connectivity index (χ0n) is 11.4. The smallest absolute Gasteiger partial charge is 0.159 e. The maximum atomic E-state index is 13.2. The molecular weight excluding hydrogens is 244 g/mol. The summed E-state index contributed by atoms with van der Waals surface area (Å²) in [4.78, 5) is 4.22. The van der Waals surface area contributed by atoms with E-state index in [9.17, 15) is 8.78 Å². The Morgan fingerprint density at radius 3 is 2.32 bits per heavy atom. The van der Waals surface area contributed by atoms with Crippen LogP contribution in [0.15, 0.2) is 36.7 Å². The van der Waals surface area contributed by atoms with E-state index in [4.69, 9.17) is 0 Å². The molecule has 0 bridgehead atoms. The molecule has 0 saturated heterocycles. The third-order valence-corrected chi connectivity index (χ3v) is 3.05. The summed E-state index contributed by atoms with van der Waals surface area (Å²) >= 11 is 0. The Bertz CT molecular complexity index is 586. The number of pyridine rings is 1. The van der Waals surface area contributed by atoms with Crippen molar-refractivity contribution in [1.82, 2.24) is 4.98 Å². The van der Waals surface area contributed by atoms with E-state index < -0.39 is 11.6 Å². The summed E-state index contributed by atoms with van der Waals surface area (Å²) in [5, 5.41) is 0. The van der Waals surface area contributed by atoms with Crippen molar-refractivity contribution in [2.75, 3.05) is 0 Å². The van der Waals surface area contributed by atoms with Crippen LogP contribution in [0.5, 0.6) is 0 Å². The summed E-state index contributed by atoms with van der Waals surface area (Å²) in [6.45, 7) is 6.35. The molecule has 100 valence electrons. The van der Waals surface area contributed by atoms with Crippen molar-refractivity contribution in [3.8, 4) is 0 Å². The second-order valence-corrected chi connectivity index (χ2v) is 5.76. The van der Waals surface area contributed by atoms with Crippen LogP contribution < -0.4 is 0 Å². The van der Waals surface area contributed by atoms with Crippen molar-refractivity contribution in [3.05, 3.63) is 65.0 Å². The molecular formula is C16H17F2N. The fourth-order valence-electron chi connectivity index (χ4n) is 1.88. The van der Waals surface area contributed by atoms with Gasteiger partial charge < -0.3 is 0 Å². The number of halogens is 2. The number of nitrogens with zero attached hydrogens (tertiary/aromatic N) is 1. The van der Waals surface area contributed by atoms with E-state index >= 15 is 0 Å². The number of aromatic nitrogens is 1. The van der Waals surface area contributed by atoms with Gasteiger partial charge in [-0.15, -0.1) is 0 Å². The van der Waals surface area contributed by atoms with Crippen LogP contribution in [0.3, 0.4) is 0 Å².